The van der Waals surface area contributed by atoms with Gasteiger partial charge in [0.15, 0.2) is 0 Å². The molecule has 1 aliphatic rings. The summed E-state index contributed by atoms with van der Waals surface area (Å²) < 4.78 is 0. The zero-order valence-electron chi connectivity index (χ0n) is 14.8. The monoisotopic (exact) mass is 392 g/mol. The van der Waals surface area contributed by atoms with E-state index < -0.39 is 0 Å². The van der Waals surface area contributed by atoms with Crippen LogP contribution < -0.4 is 4.90 Å². The van der Waals surface area contributed by atoms with Crippen molar-refractivity contribution in [3.8, 4) is 11.5 Å². The number of hydrogen-bond acceptors (Lipinski definition) is 3. The lowest BCUT2D eigenvalue weighted by molar-refractivity contribution is 0.0984. The number of phenols is 2. The minimum atomic E-state index is -0.195. The second kappa shape index (κ2) is 6.17. The molecule has 3 N–H and O–H groups in total. The summed E-state index contributed by atoms with van der Waals surface area (Å²) in [6.07, 6.45) is 0. The number of hydrogen-bond donors (Lipinski definition) is 3. The normalized spacial score (nSPS) is 16.0. The van der Waals surface area contributed by atoms with Gasteiger partial charge in [0.2, 0.25) is 0 Å². The highest BCUT2D eigenvalue weighted by Gasteiger charge is 2.35. The number of nitrogens with zero attached hydrogens (tertiary/aromatic N) is 1. The highest BCUT2D eigenvalue weighted by molar-refractivity contribution is 6.19. The van der Waals surface area contributed by atoms with Gasteiger partial charge in [0.1, 0.15) is 17.2 Å². The molecular weight excluding hydrogens is 376 g/mol. The van der Waals surface area contributed by atoms with Crippen LogP contribution in [0, 0.1) is 0 Å². The molecule has 0 spiro atoms. The number of H-pyrrole nitrogens is 1. The van der Waals surface area contributed by atoms with Crippen molar-refractivity contribution in [2.75, 3.05) is 17.3 Å². The number of amides is 1. The summed E-state index contributed by atoms with van der Waals surface area (Å²) in [5.41, 5.74) is 2.88. The van der Waals surface area contributed by atoms with E-state index in [1.54, 1.807) is 35.2 Å². The number of halogens is 1. The predicted octanol–water partition coefficient (Wildman–Crippen LogP) is 4.72. The van der Waals surface area contributed by atoms with Crippen LogP contribution in [0.25, 0.3) is 21.7 Å². The molecule has 0 unspecified atom stereocenters. The second-order valence-electron chi connectivity index (χ2n) is 7.10. The summed E-state index contributed by atoms with van der Waals surface area (Å²) in [6.45, 7) is 0.450. The molecule has 4 aromatic rings. The van der Waals surface area contributed by atoms with Gasteiger partial charge in [0.25, 0.3) is 5.91 Å². The molecule has 0 saturated heterocycles. The number of nitrogens with one attached hydrogen (secondary N) is 1. The third kappa shape index (κ3) is 2.43. The number of phenolic OH excluding ortho intramolecular Hbond substituents is 2. The summed E-state index contributed by atoms with van der Waals surface area (Å²) in [7, 11) is 0. The maximum Gasteiger partial charge on any atom is 0.274 e. The number of aromatic amines is 1. The molecule has 1 amide bonds. The Balaban J connectivity index is 1.65. The first kappa shape index (κ1) is 17.0. The predicted molar refractivity (Wildman–Crippen MR) is 111 cm³/mol. The van der Waals surface area contributed by atoms with Gasteiger partial charge in [-0.15, -0.1) is 11.6 Å². The minimum Gasteiger partial charge on any atom is -0.508 e. The molecule has 1 atom stereocenters. The standard InChI is InChI=1S/C22H17ClN2O3/c23-10-13-11-25(19-9-20(27)15-3-1-2-4-16(15)21(13)19)22(28)18-8-12-7-14(26)5-6-17(12)24-18/h1-9,13,24,26-27H,10-11H2/t13-/m1/s1. The number of carbonyl (C=O) groups is 1. The van der Waals surface area contributed by atoms with Crippen LogP contribution in [-0.4, -0.2) is 33.5 Å². The lowest BCUT2D eigenvalue weighted by Gasteiger charge is -2.17. The Morgan fingerprint density at radius 2 is 1.89 bits per heavy atom. The van der Waals surface area contributed by atoms with Crippen LogP contribution in [0.3, 0.4) is 0 Å². The van der Waals surface area contributed by atoms with Gasteiger partial charge in [-0.05, 0) is 35.2 Å². The van der Waals surface area contributed by atoms with E-state index in [1.807, 2.05) is 24.3 Å². The van der Waals surface area contributed by atoms with Crippen LogP contribution in [0.2, 0.25) is 0 Å². The van der Waals surface area contributed by atoms with Gasteiger partial charge in [0.05, 0.1) is 5.69 Å². The smallest absolute Gasteiger partial charge is 0.274 e. The lowest BCUT2D eigenvalue weighted by Crippen LogP contribution is -2.30. The molecule has 28 heavy (non-hydrogen) atoms. The first-order chi connectivity index (χ1) is 13.6. The zero-order valence-corrected chi connectivity index (χ0v) is 15.6. The number of anilines is 1. The van der Waals surface area contributed by atoms with Crippen molar-refractivity contribution in [2.24, 2.45) is 0 Å². The SMILES string of the molecule is O=C(c1cc2cc(O)ccc2[nH]1)N1C[C@@H](CCl)c2c1cc(O)c1ccccc21. The zero-order chi connectivity index (χ0) is 19.4. The van der Waals surface area contributed by atoms with E-state index in [9.17, 15) is 15.0 Å². The molecule has 3 aromatic carbocycles. The van der Waals surface area contributed by atoms with Crippen LogP contribution in [0.15, 0.2) is 54.6 Å². The van der Waals surface area contributed by atoms with Gasteiger partial charge in [-0.2, -0.15) is 0 Å². The first-order valence-corrected chi connectivity index (χ1v) is 9.54. The molecule has 140 valence electrons. The molecule has 0 fully saturated rings. The van der Waals surface area contributed by atoms with Crippen molar-refractivity contribution in [2.45, 2.75) is 5.92 Å². The van der Waals surface area contributed by atoms with Crippen LogP contribution >= 0.6 is 11.6 Å². The summed E-state index contributed by atoms with van der Waals surface area (Å²) in [6, 6.07) is 15.9. The fraction of sp³-hybridized carbons (Fsp3) is 0.136. The number of benzene rings is 3. The number of fused-ring (bicyclic) bond motifs is 4. The van der Waals surface area contributed by atoms with Crippen molar-refractivity contribution in [3.63, 3.8) is 0 Å². The largest absolute Gasteiger partial charge is 0.508 e. The Morgan fingerprint density at radius 3 is 2.68 bits per heavy atom. The van der Waals surface area contributed by atoms with E-state index in [0.29, 0.717) is 23.8 Å². The number of carbonyl (C=O) groups excluding carboxylic acids is 1. The van der Waals surface area contributed by atoms with E-state index in [-0.39, 0.29) is 23.3 Å². The van der Waals surface area contributed by atoms with Crippen LogP contribution in [-0.2, 0) is 0 Å². The third-order valence-corrected chi connectivity index (χ3v) is 5.78. The molecule has 0 radical (unpaired) electrons. The summed E-state index contributed by atoms with van der Waals surface area (Å²) in [5, 5.41) is 22.6. The Bertz CT molecular complexity index is 1250. The summed E-state index contributed by atoms with van der Waals surface area (Å²) in [4.78, 5) is 18.1. The van der Waals surface area contributed by atoms with Gasteiger partial charge in [-0.3, -0.25) is 4.79 Å². The van der Waals surface area contributed by atoms with Crippen molar-refractivity contribution in [1.29, 1.82) is 0 Å². The Hall–Kier alpha value is -3.18. The van der Waals surface area contributed by atoms with Crippen molar-refractivity contribution in [1.82, 2.24) is 4.98 Å². The van der Waals surface area contributed by atoms with Gasteiger partial charge in [-0.25, -0.2) is 0 Å². The number of rotatable bonds is 2. The number of alkyl halides is 1. The molecule has 2 heterocycles. The second-order valence-corrected chi connectivity index (χ2v) is 7.40. The highest BCUT2D eigenvalue weighted by atomic mass is 35.5. The molecule has 0 saturated carbocycles. The Kier molecular flexibility index (Phi) is 3.74. The fourth-order valence-corrected chi connectivity index (χ4v) is 4.38. The average Bonchev–Trinajstić information content (AvgIpc) is 3.28. The molecule has 0 aliphatic carbocycles. The van der Waals surface area contributed by atoms with Crippen molar-refractivity contribution >= 4 is 44.9 Å². The number of aromatic nitrogens is 1. The van der Waals surface area contributed by atoms with Gasteiger partial charge in [-0.1, -0.05) is 24.3 Å². The Labute approximate surface area is 165 Å². The van der Waals surface area contributed by atoms with E-state index in [4.69, 9.17) is 11.6 Å². The molecule has 5 nitrogen and oxygen atoms in total. The Morgan fingerprint density at radius 1 is 1.11 bits per heavy atom. The number of aromatic hydroxyl groups is 2. The van der Waals surface area contributed by atoms with Gasteiger partial charge in [0, 0.05) is 40.7 Å². The van der Waals surface area contributed by atoms with Crippen LogP contribution in [0.5, 0.6) is 11.5 Å². The summed E-state index contributed by atoms with van der Waals surface area (Å²) in [5.74, 6) is 0.463. The molecule has 6 heteroatoms. The molecule has 1 aliphatic heterocycles. The minimum absolute atomic E-state index is 0.0143. The topological polar surface area (TPSA) is 76.6 Å². The fourth-order valence-electron chi connectivity index (χ4n) is 4.13. The van der Waals surface area contributed by atoms with E-state index in [1.165, 1.54) is 0 Å². The summed E-state index contributed by atoms with van der Waals surface area (Å²) >= 11 is 6.24. The van der Waals surface area contributed by atoms with E-state index in [0.717, 1.165) is 27.2 Å². The van der Waals surface area contributed by atoms with Crippen LogP contribution in [0.1, 0.15) is 22.0 Å². The lowest BCUT2D eigenvalue weighted by atomic mass is 9.95. The van der Waals surface area contributed by atoms with Crippen molar-refractivity contribution < 1.29 is 15.0 Å². The first-order valence-electron chi connectivity index (χ1n) is 9.01. The molecule has 1 aromatic heterocycles. The quantitative estimate of drug-likeness (QED) is 0.432. The van der Waals surface area contributed by atoms with Gasteiger partial charge >= 0.3 is 0 Å². The van der Waals surface area contributed by atoms with Crippen LogP contribution in [0.4, 0.5) is 5.69 Å². The molecule has 5 rings (SSSR count). The molecule has 0 bridgehead atoms. The highest BCUT2D eigenvalue weighted by Crippen LogP contribution is 2.45. The maximum absolute atomic E-state index is 13.3. The average molecular weight is 393 g/mol. The molecular formula is C22H17ClN2O3. The third-order valence-electron chi connectivity index (χ3n) is 5.41. The van der Waals surface area contributed by atoms with Crippen molar-refractivity contribution in [3.05, 3.63) is 65.9 Å². The van der Waals surface area contributed by atoms with E-state index >= 15 is 0 Å². The van der Waals surface area contributed by atoms with E-state index in [2.05, 4.69) is 4.98 Å². The maximum atomic E-state index is 13.3. The van der Waals surface area contributed by atoms with Gasteiger partial charge < -0.3 is 20.1 Å².